The van der Waals surface area contributed by atoms with Crippen LogP contribution in [0.15, 0.2) is 12.4 Å². The minimum Gasteiger partial charge on any atom is -0.396 e. The van der Waals surface area contributed by atoms with Crippen molar-refractivity contribution in [1.29, 1.82) is 0 Å². The first-order valence-corrected chi connectivity index (χ1v) is 9.12. The van der Waals surface area contributed by atoms with E-state index in [0.29, 0.717) is 12.5 Å². The number of rotatable bonds is 6. The molecule has 7 heteroatoms. The molecule has 4 atom stereocenters. The fourth-order valence-electron chi connectivity index (χ4n) is 4.09. The lowest BCUT2D eigenvalue weighted by Gasteiger charge is -2.37. The zero-order valence-electron chi connectivity index (χ0n) is 15.5. The topological polar surface area (TPSA) is 71.0 Å². The van der Waals surface area contributed by atoms with Crippen LogP contribution in [0, 0.1) is 11.8 Å². The van der Waals surface area contributed by atoms with Gasteiger partial charge in [-0.15, -0.1) is 0 Å². The van der Waals surface area contributed by atoms with E-state index in [1.807, 2.05) is 6.07 Å². The van der Waals surface area contributed by atoms with Gasteiger partial charge in [0, 0.05) is 58.4 Å². The minimum atomic E-state index is 0.215. The van der Waals surface area contributed by atoms with E-state index in [0.717, 1.165) is 44.2 Å². The Morgan fingerprint density at radius 2 is 1.88 bits per heavy atom. The molecule has 0 spiro atoms. The quantitative estimate of drug-likeness (QED) is 0.813. The molecular weight excluding hydrogens is 320 g/mol. The van der Waals surface area contributed by atoms with Gasteiger partial charge < -0.3 is 19.5 Å². The summed E-state index contributed by atoms with van der Waals surface area (Å²) in [6, 6.07) is 1.99. The second-order valence-electron chi connectivity index (χ2n) is 7.38. The van der Waals surface area contributed by atoms with Gasteiger partial charge in [0.2, 0.25) is 0 Å². The van der Waals surface area contributed by atoms with Gasteiger partial charge in [-0.3, -0.25) is 4.90 Å². The molecule has 140 valence electrons. The second-order valence-corrected chi connectivity index (χ2v) is 7.38. The molecular formula is C18H30N4O3. The van der Waals surface area contributed by atoms with Crippen molar-refractivity contribution in [2.75, 3.05) is 51.3 Å². The first-order chi connectivity index (χ1) is 12.1. The Kier molecular flexibility index (Phi) is 6.22. The highest BCUT2D eigenvalue weighted by Crippen LogP contribution is 2.28. The number of aromatic nitrogens is 2. The summed E-state index contributed by atoms with van der Waals surface area (Å²) in [7, 11) is 1.67. The number of nitrogens with zero attached hydrogens (tertiary/aromatic N) is 4. The first kappa shape index (κ1) is 18.5. The average molecular weight is 350 g/mol. The number of methoxy groups -OCH3 is 1. The molecule has 0 bridgehead atoms. The Hall–Kier alpha value is -1.28. The zero-order chi connectivity index (χ0) is 17.8. The molecule has 2 fully saturated rings. The molecule has 2 aliphatic heterocycles. The SMILES string of the molecule is COCc1cc(N2C[C@@H](CN3C[C@@H](C)O[C@@H](C)C3)[C@@H](CO)C2)ncn1. The molecule has 3 rings (SSSR count). The smallest absolute Gasteiger partial charge is 0.132 e. The van der Waals surface area contributed by atoms with Crippen molar-refractivity contribution < 1.29 is 14.6 Å². The number of morpholine rings is 1. The van der Waals surface area contributed by atoms with Crippen molar-refractivity contribution in [1.82, 2.24) is 14.9 Å². The summed E-state index contributed by atoms with van der Waals surface area (Å²) in [5, 5.41) is 9.85. The van der Waals surface area contributed by atoms with Gasteiger partial charge in [0.15, 0.2) is 0 Å². The van der Waals surface area contributed by atoms with E-state index >= 15 is 0 Å². The molecule has 3 heterocycles. The Balaban J connectivity index is 1.65. The van der Waals surface area contributed by atoms with Crippen LogP contribution in [0.4, 0.5) is 5.82 Å². The second kappa shape index (κ2) is 8.40. The van der Waals surface area contributed by atoms with E-state index in [1.165, 1.54) is 0 Å². The van der Waals surface area contributed by atoms with Gasteiger partial charge in [-0.1, -0.05) is 0 Å². The lowest BCUT2D eigenvalue weighted by Crippen LogP contribution is -2.48. The highest BCUT2D eigenvalue weighted by molar-refractivity contribution is 5.40. The van der Waals surface area contributed by atoms with Crippen LogP contribution < -0.4 is 4.90 Å². The molecule has 0 aromatic carbocycles. The van der Waals surface area contributed by atoms with Crippen molar-refractivity contribution in [3.05, 3.63) is 18.1 Å². The maximum atomic E-state index is 9.85. The molecule has 0 aliphatic carbocycles. The van der Waals surface area contributed by atoms with Gasteiger partial charge in [0.25, 0.3) is 0 Å². The van der Waals surface area contributed by atoms with Crippen molar-refractivity contribution >= 4 is 5.82 Å². The molecule has 0 saturated carbocycles. The summed E-state index contributed by atoms with van der Waals surface area (Å²) in [4.78, 5) is 13.4. The number of ether oxygens (including phenoxy) is 2. The summed E-state index contributed by atoms with van der Waals surface area (Å²) in [6.45, 7) is 9.63. The van der Waals surface area contributed by atoms with Crippen molar-refractivity contribution in [2.24, 2.45) is 11.8 Å². The van der Waals surface area contributed by atoms with Gasteiger partial charge in [-0.25, -0.2) is 9.97 Å². The molecule has 2 aliphatic rings. The van der Waals surface area contributed by atoms with Crippen LogP contribution in [0.2, 0.25) is 0 Å². The van der Waals surface area contributed by atoms with Gasteiger partial charge in [-0.2, -0.15) is 0 Å². The van der Waals surface area contributed by atoms with E-state index in [9.17, 15) is 5.11 Å². The predicted molar refractivity (Wildman–Crippen MR) is 95.5 cm³/mol. The van der Waals surface area contributed by atoms with Crippen LogP contribution in [0.5, 0.6) is 0 Å². The highest BCUT2D eigenvalue weighted by Gasteiger charge is 2.35. The van der Waals surface area contributed by atoms with Crippen LogP contribution in [-0.2, 0) is 16.1 Å². The van der Waals surface area contributed by atoms with E-state index in [2.05, 4.69) is 33.6 Å². The Morgan fingerprint density at radius 1 is 1.16 bits per heavy atom. The van der Waals surface area contributed by atoms with E-state index < -0.39 is 0 Å². The summed E-state index contributed by atoms with van der Waals surface area (Å²) < 4.78 is 11.0. The fourth-order valence-corrected chi connectivity index (χ4v) is 4.09. The lowest BCUT2D eigenvalue weighted by atomic mass is 9.96. The number of aliphatic hydroxyl groups excluding tert-OH is 1. The van der Waals surface area contributed by atoms with Crippen LogP contribution in [0.3, 0.4) is 0 Å². The average Bonchev–Trinajstić information content (AvgIpc) is 2.97. The summed E-state index contributed by atoms with van der Waals surface area (Å²) >= 11 is 0. The molecule has 1 N–H and O–H groups in total. The highest BCUT2D eigenvalue weighted by atomic mass is 16.5. The third-order valence-corrected chi connectivity index (χ3v) is 5.12. The standard InChI is InChI=1S/C18H30N4O3/c1-13-5-21(6-14(2)25-13)7-15-8-22(9-16(15)10-23)18-4-17(11-24-3)19-12-20-18/h4,12-16,23H,5-11H2,1-3H3/t13-,14+,15-,16-/m1/s1. The number of anilines is 1. The van der Waals surface area contributed by atoms with E-state index in [1.54, 1.807) is 13.4 Å². The minimum absolute atomic E-state index is 0.215. The molecule has 1 aromatic heterocycles. The number of aliphatic hydroxyl groups is 1. The van der Waals surface area contributed by atoms with Crippen LogP contribution in [0.1, 0.15) is 19.5 Å². The zero-order valence-corrected chi connectivity index (χ0v) is 15.5. The monoisotopic (exact) mass is 350 g/mol. The summed E-state index contributed by atoms with van der Waals surface area (Å²) in [6.07, 6.45) is 2.13. The van der Waals surface area contributed by atoms with E-state index in [-0.39, 0.29) is 24.7 Å². The van der Waals surface area contributed by atoms with Gasteiger partial charge in [-0.05, 0) is 19.8 Å². The Morgan fingerprint density at radius 3 is 2.56 bits per heavy atom. The van der Waals surface area contributed by atoms with Crippen LogP contribution in [-0.4, -0.2) is 78.6 Å². The van der Waals surface area contributed by atoms with Gasteiger partial charge in [0.05, 0.1) is 24.5 Å². The maximum absolute atomic E-state index is 9.85. The molecule has 7 nitrogen and oxygen atoms in total. The molecule has 25 heavy (non-hydrogen) atoms. The van der Waals surface area contributed by atoms with Crippen molar-refractivity contribution in [3.63, 3.8) is 0 Å². The Labute approximate surface area is 150 Å². The predicted octanol–water partition coefficient (Wildman–Crippen LogP) is 0.777. The molecule has 1 aromatic rings. The summed E-state index contributed by atoms with van der Waals surface area (Å²) in [5.74, 6) is 1.63. The fraction of sp³-hybridized carbons (Fsp3) is 0.778. The maximum Gasteiger partial charge on any atom is 0.132 e. The van der Waals surface area contributed by atoms with Gasteiger partial charge >= 0.3 is 0 Å². The molecule has 0 unspecified atom stereocenters. The van der Waals surface area contributed by atoms with Crippen molar-refractivity contribution in [2.45, 2.75) is 32.7 Å². The largest absolute Gasteiger partial charge is 0.396 e. The Bertz CT molecular complexity index is 549. The molecule has 0 amide bonds. The lowest BCUT2D eigenvalue weighted by molar-refractivity contribution is -0.0725. The number of hydrogen-bond donors (Lipinski definition) is 1. The number of hydrogen-bond acceptors (Lipinski definition) is 7. The van der Waals surface area contributed by atoms with Gasteiger partial charge in [0.1, 0.15) is 12.1 Å². The first-order valence-electron chi connectivity index (χ1n) is 9.12. The third-order valence-electron chi connectivity index (χ3n) is 5.12. The van der Waals surface area contributed by atoms with Crippen LogP contribution >= 0.6 is 0 Å². The normalized spacial score (nSPS) is 30.8. The molecule has 0 radical (unpaired) electrons. The van der Waals surface area contributed by atoms with Crippen LogP contribution in [0.25, 0.3) is 0 Å². The third kappa shape index (κ3) is 4.67. The van der Waals surface area contributed by atoms with E-state index in [4.69, 9.17) is 9.47 Å². The van der Waals surface area contributed by atoms with Crippen molar-refractivity contribution in [3.8, 4) is 0 Å². The summed E-state index contributed by atoms with van der Waals surface area (Å²) in [5.41, 5.74) is 0.882. The molecule has 2 saturated heterocycles.